The van der Waals surface area contributed by atoms with E-state index in [9.17, 15) is 9.59 Å². The van der Waals surface area contributed by atoms with Crippen LogP contribution in [0.3, 0.4) is 0 Å². The Kier molecular flexibility index (Phi) is 3.75. The second-order valence-corrected chi connectivity index (χ2v) is 6.25. The Labute approximate surface area is 126 Å². The minimum Gasteiger partial charge on any atom is -0.477 e. The van der Waals surface area contributed by atoms with Crippen molar-refractivity contribution in [3.8, 4) is 0 Å². The quantitative estimate of drug-likeness (QED) is 0.915. The van der Waals surface area contributed by atoms with Crippen LogP contribution in [0, 0.1) is 5.92 Å². The van der Waals surface area contributed by atoms with E-state index in [2.05, 4.69) is 17.4 Å². The summed E-state index contributed by atoms with van der Waals surface area (Å²) in [6, 6.07) is 11.4. The number of amides is 1. The molecule has 108 valence electrons. The van der Waals surface area contributed by atoms with Crippen LogP contribution in [-0.4, -0.2) is 17.0 Å². The minimum atomic E-state index is -0.966. The normalized spacial score (nSPS) is 17.0. The molecule has 0 saturated heterocycles. The molecule has 1 heterocycles. The monoisotopic (exact) mass is 301 g/mol. The molecule has 2 N–H and O–H groups in total. The lowest BCUT2D eigenvalue weighted by molar-refractivity contribution is -0.120. The molecule has 2 aromatic rings. The number of aryl methyl sites for hydroxylation is 1. The van der Waals surface area contributed by atoms with Gasteiger partial charge >= 0.3 is 5.97 Å². The first-order valence-corrected chi connectivity index (χ1v) is 7.66. The standard InChI is InChI=1S/C16H15NO3S/c18-15(17-14-8-7-13(21-14)16(19)20)12-6-5-10-3-1-2-4-11(10)9-12/h1-4,7-8,12H,5-6,9H2,(H,17,18)(H,19,20). The van der Waals surface area contributed by atoms with Crippen LogP contribution in [0.1, 0.15) is 27.2 Å². The third kappa shape index (κ3) is 2.97. The zero-order valence-corrected chi connectivity index (χ0v) is 12.2. The number of carboxylic acids is 1. The Morgan fingerprint density at radius 1 is 1.14 bits per heavy atom. The molecule has 0 spiro atoms. The maximum atomic E-state index is 12.3. The highest BCUT2D eigenvalue weighted by Crippen LogP contribution is 2.28. The summed E-state index contributed by atoms with van der Waals surface area (Å²) in [6.45, 7) is 0. The van der Waals surface area contributed by atoms with Gasteiger partial charge in [-0.3, -0.25) is 4.79 Å². The summed E-state index contributed by atoms with van der Waals surface area (Å²) >= 11 is 1.09. The third-order valence-electron chi connectivity index (χ3n) is 3.78. The summed E-state index contributed by atoms with van der Waals surface area (Å²) in [5.41, 5.74) is 2.56. The first-order chi connectivity index (χ1) is 10.1. The van der Waals surface area contributed by atoms with Crippen LogP contribution in [-0.2, 0) is 17.6 Å². The number of carbonyl (C=O) groups excluding carboxylic acids is 1. The summed E-state index contributed by atoms with van der Waals surface area (Å²) in [5.74, 6) is -1.04. The second-order valence-electron chi connectivity index (χ2n) is 5.17. The van der Waals surface area contributed by atoms with Crippen LogP contribution in [0.4, 0.5) is 5.00 Å². The maximum absolute atomic E-state index is 12.3. The average Bonchev–Trinajstić information content (AvgIpc) is 2.95. The third-order valence-corrected chi connectivity index (χ3v) is 4.77. The van der Waals surface area contributed by atoms with E-state index in [4.69, 9.17) is 5.11 Å². The topological polar surface area (TPSA) is 66.4 Å². The van der Waals surface area contributed by atoms with Crippen molar-refractivity contribution >= 4 is 28.2 Å². The number of fused-ring (bicyclic) bond motifs is 1. The van der Waals surface area contributed by atoms with Crippen molar-refractivity contribution in [1.29, 1.82) is 0 Å². The van der Waals surface area contributed by atoms with Gasteiger partial charge in [-0.1, -0.05) is 24.3 Å². The highest BCUT2D eigenvalue weighted by atomic mass is 32.1. The highest BCUT2D eigenvalue weighted by Gasteiger charge is 2.24. The molecular formula is C16H15NO3S. The van der Waals surface area contributed by atoms with Crippen LogP contribution in [0.5, 0.6) is 0 Å². The molecule has 0 radical (unpaired) electrons. The van der Waals surface area contributed by atoms with E-state index < -0.39 is 5.97 Å². The summed E-state index contributed by atoms with van der Waals surface area (Å²) in [4.78, 5) is 23.4. The number of carboxylic acid groups (broad SMARTS) is 1. The van der Waals surface area contributed by atoms with Crippen molar-refractivity contribution in [2.24, 2.45) is 5.92 Å². The summed E-state index contributed by atoms with van der Waals surface area (Å²) < 4.78 is 0. The Morgan fingerprint density at radius 3 is 2.62 bits per heavy atom. The molecule has 1 aromatic heterocycles. The van der Waals surface area contributed by atoms with Gasteiger partial charge in [0.15, 0.2) is 0 Å². The molecule has 3 rings (SSSR count). The predicted molar refractivity (Wildman–Crippen MR) is 81.9 cm³/mol. The van der Waals surface area contributed by atoms with Gasteiger partial charge in [0.1, 0.15) is 4.88 Å². The van der Waals surface area contributed by atoms with E-state index >= 15 is 0 Å². The van der Waals surface area contributed by atoms with Crippen molar-refractivity contribution < 1.29 is 14.7 Å². The predicted octanol–water partition coefficient (Wildman–Crippen LogP) is 3.19. The number of hydrogen-bond acceptors (Lipinski definition) is 3. The van der Waals surface area contributed by atoms with Crippen molar-refractivity contribution in [3.63, 3.8) is 0 Å². The van der Waals surface area contributed by atoms with Gasteiger partial charge < -0.3 is 10.4 Å². The lowest BCUT2D eigenvalue weighted by atomic mass is 9.83. The Hall–Kier alpha value is -2.14. The fraction of sp³-hybridized carbons (Fsp3) is 0.250. The van der Waals surface area contributed by atoms with Crippen molar-refractivity contribution in [3.05, 3.63) is 52.4 Å². The average molecular weight is 301 g/mol. The first kappa shape index (κ1) is 13.8. The van der Waals surface area contributed by atoms with Crippen LogP contribution in [0.2, 0.25) is 0 Å². The van der Waals surface area contributed by atoms with Gasteiger partial charge in [0.2, 0.25) is 5.91 Å². The van der Waals surface area contributed by atoms with E-state index in [1.165, 1.54) is 17.2 Å². The molecule has 0 bridgehead atoms. The van der Waals surface area contributed by atoms with E-state index in [1.54, 1.807) is 6.07 Å². The fourth-order valence-corrected chi connectivity index (χ4v) is 3.41. The summed E-state index contributed by atoms with van der Waals surface area (Å²) in [5, 5.41) is 12.3. The smallest absolute Gasteiger partial charge is 0.345 e. The Balaban J connectivity index is 1.67. The minimum absolute atomic E-state index is 0.0247. The zero-order valence-electron chi connectivity index (χ0n) is 11.3. The van der Waals surface area contributed by atoms with Crippen LogP contribution in [0.15, 0.2) is 36.4 Å². The highest BCUT2D eigenvalue weighted by molar-refractivity contribution is 7.18. The summed E-state index contributed by atoms with van der Waals surface area (Å²) in [7, 11) is 0. The molecular weight excluding hydrogens is 286 g/mol. The van der Waals surface area contributed by atoms with Crippen molar-refractivity contribution in [2.45, 2.75) is 19.3 Å². The molecule has 5 heteroatoms. The van der Waals surface area contributed by atoms with E-state index in [0.29, 0.717) is 5.00 Å². The molecule has 1 atom stereocenters. The number of benzene rings is 1. The van der Waals surface area contributed by atoms with Gasteiger partial charge in [-0.15, -0.1) is 11.3 Å². The van der Waals surface area contributed by atoms with E-state index in [-0.39, 0.29) is 16.7 Å². The Morgan fingerprint density at radius 2 is 1.90 bits per heavy atom. The molecule has 1 aromatic carbocycles. The van der Waals surface area contributed by atoms with Crippen LogP contribution < -0.4 is 5.32 Å². The molecule has 1 aliphatic rings. The van der Waals surface area contributed by atoms with Gasteiger partial charge in [-0.05, 0) is 42.5 Å². The van der Waals surface area contributed by atoms with Crippen LogP contribution in [0.25, 0.3) is 0 Å². The fourth-order valence-electron chi connectivity index (χ4n) is 2.67. The lowest BCUT2D eigenvalue weighted by Crippen LogP contribution is -2.27. The number of hydrogen-bond donors (Lipinski definition) is 2. The number of aromatic carboxylic acids is 1. The number of anilines is 1. The van der Waals surface area contributed by atoms with Gasteiger partial charge in [-0.25, -0.2) is 4.79 Å². The SMILES string of the molecule is O=C(O)c1ccc(NC(=O)C2CCc3ccccc3C2)s1. The zero-order chi connectivity index (χ0) is 14.8. The second kappa shape index (κ2) is 5.69. The first-order valence-electron chi connectivity index (χ1n) is 6.84. The molecule has 1 unspecified atom stereocenters. The van der Waals surface area contributed by atoms with Gasteiger partial charge in [0.25, 0.3) is 0 Å². The molecule has 0 fully saturated rings. The molecule has 0 aliphatic heterocycles. The molecule has 4 nitrogen and oxygen atoms in total. The molecule has 1 amide bonds. The lowest BCUT2D eigenvalue weighted by Gasteiger charge is -2.23. The maximum Gasteiger partial charge on any atom is 0.345 e. The number of nitrogens with one attached hydrogen (secondary N) is 1. The largest absolute Gasteiger partial charge is 0.477 e. The number of carbonyl (C=O) groups is 2. The van der Waals surface area contributed by atoms with Crippen molar-refractivity contribution in [1.82, 2.24) is 0 Å². The molecule has 1 aliphatic carbocycles. The van der Waals surface area contributed by atoms with E-state index in [1.807, 2.05) is 12.1 Å². The molecule has 21 heavy (non-hydrogen) atoms. The van der Waals surface area contributed by atoms with E-state index in [0.717, 1.165) is 30.6 Å². The van der Waals surface area contributed by atoms with Crippen molar-refractivity contribution in [2.75, 3.05) is 5.32 Å². The number of thiophene rings is 1. The van der Waals surface area contributed by atoms with Crippen LogP contribution >= 0.6 is 11.3 Å². The molecule has 0 saturated carbocycles. The van der Waals surface area contributed by atoms with Gasteiger partial charge in [0.05, 0.1) is 5.00 Å². The Bertz CT molecular complexity index is 692. The number of rotatable bonds is 3. The van der Waals surface area contributed by atoms with Gasteiger partial charge in [0, 0.05) is 5.92 Å². The summed E-state index contributed by atoms with van der Waals surface area (Å²) in [6.07, 6.45) is 2.50. The van der Waals surface area contributed by atoms with Gasteiger partial charge in [-0.2, -0.15) is 0 Å².